The Morgan fingerprint density at radius 2 is 2.05 bits per heavy atom. The zero-order chi connectivity index (χ0) is 13.9. The van der Waals surface area contributed by atoms with Crippen LogP contribution in [-0.2, 0) is 16.1 Å². The van der Waals surface area contributed by atoms with Crippen LogP contribution in [0.3, 0.4) is 0 Å². The Morgan fingerprint density at radius 3 is 2.68 bits per heavy atom. The second-order valence-electron chi connectivity index (χ2n) is 4.53. The van der Waals surface area contributed by atoms with Crippen molar-refractivity contribution in [2.75, 3.05) is 6.61 Å². The maximum atomic E-state index is 10.9. The average Bonchev–Trinajstić information content (AvgIpc) is 2.42. The molecule has 0 saturated carbocycles. The number of hydrogen-bond acceptors (Lipinski definition) is 2. The molecule has 1 aromatic rings. The Labute approximate surface area is 114 Å². The van der Waals surface area contributed by atoms with Gasteiger partial charge in [0.1, 0.15) is 0 Å². The third-order valence-corrected chi connectivity index (χ3v) is 2.90. The summed E-state index contributed by atoms with van der Waals surface area (Å²) in [7, 11) is 0. The Balaban J connectivity index is 2.18. The van der Waals surface area contributed by atoms with E-state index in [0.717, 1.165) is 18.4 Å². The number of allylic oxidation sites excluding steroid dienone is 1. The van der Waals surface area contributed by atoms with Crippen LogP contribution in [0.2, 0.25) is 0 Å². The quantitative estimate of drug-likeness (QED) is 0.546. The van der Waals surface area contributed by atoms with Crippen molar-refractivity contribution in [2.24, 2.45) is 5.92 Å². The number of hydrogen-bond donors (Lipinski definition) is 1. The predicted molar refractivity (Wildman–Crippen MR) is 75.9 cm³/mol. The van der Waals surface area contributed by atoms with Crippen LogP contribution < -0.4 is 0 Å². The van der Waals surface area contributed by atoms with Gasteiger partial charge in [-0.1, -0.05) is 55.8 Å². The van der Waals surface area contributed by atoms with E-state index in [0.29, 0.717) is 19.6 Å². The summed E-state index contributed by atoms with van der Waals surface area (Å²) in [6.07, 6.45) is 6.01. The molecule has 0 fully saturated rings. The Hall–Kier alpha value is -1.61. The van der Waals surface area contributed by atoms with Crippen molar-refractivity contribution in [2.45, 2.75) is 32.8 Å². The van der Waals surface area contributed by atoms with E-state index in [-0.39, 0.29) is 5.92 Å². The van der Waals surface area contributed by atoms with E-state index in [1.54, 1.807) is 0 Å². The highest BCUT2D eigenvalue weighted by atomic mass is 16.5. The third-order valence-electron chi connectivity index (χ3n) is 2.90. The van der Waals surface area contributed by atoms with Crippen LogP contribution in [0.15, 0.2) is 42.5 Å². The van der Waals surface area contributed by atoms with Crippen LogP contribution in [0.1, 0.15) is 31.7 Å². The van der Waals surface area contributed by atoms with Crippen LogP contribution in [0.25, 0.3) is 0 Å². The van der Waals surface area contributed by atoms with Crippen LogP contribution in [0.5, 0.6) is 0 Å². The molecule has 0 amide bonds. The maximum Gasteiger partial charge on any atom is 0.306 e. The van der Waals surface area contributed by atoms with E-state index in [4.69, 9.17) is 9.84 Å². The van der Waals surface area contributed by atoms with E-state index in [9.17, 15) is 4.79 Å². The van der Waals surface area contributed by atoms with Crippen molar-refractivity contribution in [1.29, 1.82) is 0 Å². The van der Waals surface area contributed by atoms with Crippen LogP contribution in [-0.4, -0.2) is 17.7 Å². The smallest absolute Gasteiger partial charge is 0.306 e. The van der Waals surface area contributed by atoms with Gasteiger partial charge in [-0.05, 0) is 18.4 Å². The van der Waals surface area contributed by atoms with E-state index in [1.165, 1.54) is 0 Å². The Kier molecular flexibility index (Phi) is 7.59. The molecular formula is C16H22O3. The molecule has 0 bridgehead atoms. The van der Waals surface area contributed by atoms with Gasteiger partial charge in [-0.2, -0.15) is 0 Å². The molecule has 3 heteroatoms. The number of ether oxygens (including phenoxy) is 1. The first kappa shape index (κ1) is 15.4. The summed E-state index contributed by atoms with van der Waals surface area (Å²) in [6.45, 7) is 3.11. The first-order chi connectivity index (χ1) is 9.24. The van der Waals surface area contributed by atoms with Crippen LogP contribution >= 0.6 is 0 Å². The monoisotopic (exact) mass is 262 g/mol. The summed E-state index contributed by atoms with van der Waals surface area (Å²) in [6, 6.07) is 9.98. The van der Waals surface area contributed by atoms with E-state index in [1.807, 2.05) is 49.4 Å². The molecular weight excluding hydrogens is 240 g/mol. The molecule has 19 heavy (non-hydrogen) atoms. The van der Waals surface area contributed by atoms with Crippen molar-refractivity contribution in [3.63, 3.8) is 0 Å². The summed E-state index contributed by atoms with van der Waals surface area (Å²) in [4.78, 5) is 10.9. The highest BCUT2D eigenvalue weighted by Crippen LogP contribution is 2.12. The zero-order valence-electron chi connectivity index (χ0n) is 11.4. The lowest BCUT2D eigenvalue weighted by molar-refractivity contribution is -0.141. The molecule has 0 radical (unpaired) electrons. The molecule has 1 aromatic carbocycles. The molecule has 3 nitrogen and oxygen atoms in total. The lowest BCUT2D eigenvalue weighted by Crippen LogP contribution is -2.12. The lowest BCUT2D eigenvalue weighted by atomic mass is 10.00. The predicted octanol–water partition coefficient (Wildman–Crippen LogP) is 3.65. The molecule has 0 aliphatic heterocycles. The van der Waals surface area contributed by atoms with Crippen molar-refractivity contribution in [3.05, 3.63) is 48.0 Å². The van der Waals surface area contributed by atoms with Gasteiger partial charge in [0.25, 0.3) is 0 Å². The van der Waals surface area contributed by atoms with Gasteiger partial charge in [-0.25, -0.2) is 0 Å². The van der Waals surface area contributed by atoms with E-state index < -0.39 is 5.97 Å². The number of carbonyl (C=O) groups is 1. The Bertz CT molecular complexity index is 384. The summed E-state index contributed by atoms with van der Waals surface area (Å²) in [5.41, 5.74) is 1.14. The molecule has 0 saturated heterocycles. The van der Waals surface area contributed by atoms with Gasteiger partial charge >= 0.3 is 5.97 Å². The minimum Gasteiger partial charge on any atom is -0.481 e. The molecule has 104 valence electrons. The lowest BCUT2D eigenvalue weighted by Gasteiger charge is -2.07. The molecule has 0 spiro atoms. The average molecular weight is 262 g/mol. The summed E-state index contributed by atoms with van der Waals surface area (Å²) in [5.74, 6) is -0.980. The first-order valence-electron chi connectivity index (χ1n) is 6.73. The summed E-state index contributed by atoms with van der Waals surface area (Å²) in [5, 5.41) is 8.99. The number of benzene rings is 1. The fraction of sp³-hybridized carbons (Fsp3) is 0.438. The summed E-state index contributed by atoms with van der Waals surface area (Å²) < 4.78 is 5.49. The fourth-order valence-electron chi connectivity index (χ4n) is 1.84. The van der Waals surface area contributed by atoms with Gasteiger partial charge in [0.05, 0.1) is 19.1 Å². The van der Waals surface area contributed by atoms with Gasteiger partial charge < -0.3 is 9.84 Å². The van der Waals surface area contributed by atoms with Crippen molar-refractivity contribution < 1.29 is 14.6 Å². The third kappa shape index (κ3) is 6.77. The molecule has 0 unspecified atom stereocenters. The molecule has 0 aliphatic rings. The molecule has 1 N–H and O–H groups in total. The van der Waals surface area contributed by atoms with Gasteiger partial charge in [-0.3, -0.25) is 4.79 Å². The second-order valence-corrected chi connectivity index (χ2v) is 4.53. The summed E-state index contributed by atoms with van der Waals surface area (Å²) >= 11 is 0. The Morgan fingerprint density at radius 1 is 1.32 bits per heavy atom. The highest BCUT2D eigenvalue weighted by Gasteiger charge is 2.13. The van der Waals surface area contributed by atoms with Crippen LogP contribution in [0, 0.1) is 5.92 Å². The number of carboxylic acid groups (broad SMARTS) is 1. The molecule has 0 aromatic heterocycles. The first-order valence-corrected chi connectivity index (χ1v) is 6.73. The van der Waals surface area contributed by atoms with E-state index >= 15 is 0 Å². The largest absolute Gasteiger partial charge is 0.481 e. The minimum atomic E-state index is -0.711. The SMILES string of the molecule is CCC[C@H](C/C=C/COCc1ccccc1)C(=O)O. The highest BCUT2D eigenvalue weighted by molar-refractivity contribution is 5.70. The normalized spacial score (nSPS) is 12.7. The van der Waals surface area contributed by atoms with Gasteiger partial charge in [0, 0.05) is 0 Å². The number of carboxylic acids is 1. The van der Waals surface area contributed by atoms with Crippen molar-refractivity contribution in [3.8, 4) is 0 Å². The van der Waals surface area contributed by atoms with Gasteiger partial charge in [0.15, 0.2) is 0 Å². The molecule has 0 heterocycles. The van der Waals surface area contributed by atoms with Crippen molar-refractivity contribution in [1.82, 2.24) is 0 Å². The standard InChI is InChI=1S/C16H22O3/c1-2-8-15(16(17)18)11-6-7-12-19-13-14-9-4-3-5-10-14/h3-7,9-10,15H,2,8,11-13H2,1H3,(H,17,18)/b7-6+/t15-/m1/s1. The second kappa shape index (κ2) is 9.34. The van der Waals surface area contributed by atoms with E-state index in [2.05, 4.69) is 0 Å². The minimum absolute atomic E-state index is 0.268. The van der Waals surface area contributed by atoms with Crippen molar-refractivity contribution >= 4 is 5.97 Å². The fourth-order valence-corrected chi connectivity index (χ4v) is 1.84. The number of rotatable bonds is 9. The van der Waals surface area contributed by atoms with Crippen LogP contribution in [0.4, 0.5) is 0 Å². The molecule has 0 aliphatic carbocycles. The van der Waals surface area contributed by atoms with Gasteiger partial charge in [-0.15, -0.1) is 0 Å². The topological polar surface area (TPSA) is 46.5 Å². The number of aliphatic carboxylic acids is 1. The maximum absolute atomic E-state index is 10.9. The zero-order valence-corrected chi connectivity index (χ0v) is 11.4. The molecule has 1 rings (SSSR count). The van der Waals surface area contributed by atoms with Gasteiger partial charge in [0.2, 0.25) is 0 Å². The molecule has 1 atom stereocenters.